The van der Waals surface area contributed by atoms with E-state index >= 15 is 0 Å². The number of aromatic nitrogens is 1. The third kappa shape index (κ3) is 3.57. The normalized spacial score (nSPS) is 12.5. The number of primary amides is 1. The molecule has 0 aliphatic rings. The third-order valence-corrected chi connectivity index (χ3v) is 2.46. The van der Waals surface area contributed by atoms with E-state index < -0.39 is 12.2 Å². The average Bonchev–Trinajstić information content (AvgIpc) is 2.25. The van der Waals surface area contributed by atoms with Gasteiger partial charge in [-0.05, 0) is 12.0 Å². The molecular formula is C11H15ClN2O3. The Morgan fingerprint density at radius 3 is 2.76 bits per heavy atom. The molecule has 0 saturated heterocycles. The molecule has 0 aromatic carbocycles. The van der Waals surface area contributed by atoms with Gasteiger partial charge in [0.2, 0.25) is 0 Å². The number of rotatable bonds is 4. The minimum atomic E-state index is -0.871. The van der Waals surface area contributed by atoms with Crippen LogP contribution in [-0.2, 0) is 11.3 Å². The highest BCUT2D eigenvalue weighted by molar-refractivity contribution is 6.30. The standard InChI is InChI=1S/C11H15ClN2O3/c1-6(2)10(17-11(13)16)9-7(5-15)3-8(12)4-14-9/h3-4,6,10,15H,5H2,1-2H3,(H2,13,16)/t10-/m1/s1. The van der Waals surface area contributed by atoms with Crippen LogP contribution in [0.1, 0.15) is 31.2 Å². The largest absolute Gasteiger partial charge is 0.440 e. The van der Waals surface area contributed by atoms with Crippen molar-refractivity contribution in [3.05, 3.63) is 28.5 Å². The Kier molecular flexibility index (Phi) is 4.72. The van der Waals surface area contributed by atoms with Crippen molar-refractivity contribution in [2.75, 3.05) is 0 Å². The maximum Gasteiger partial charge on any atom is 0.405 e. The maximum atomic E-state index is 10.8. The van der Waals surface area contributed by atoms with E-state index in [1.807, 2.05) is 13.8 Å². The molecule has 0 radical (unpaired) electrons. The topological polar surface area (TPSA) is 85.4 Å². The molecule has 0 saturated carbocycles. The fourth-order valence-electron chi connectivity index (χ4n) is 1.51. The summed E-state index contributed by atoms with van der Waals surface area (Å²) in [6, 6.07) is 1.59. The lowest BCUT2D eigenvalue weighted by molar-refractivity contribution is 0.0740. The summed E-state index contributed by atoms with van der Waals surface area (Å²) in [5.41, 5.74) is 6.02. The number of nitrogens with two attached hydrogens (primary N) is 1. The second-order valence-electron chi connectivity index (χ2n) is 3.96. The Morgan fingerprint density at radius 2 is 2.29 bits per heavy atom. The number of halogens is 1. The number of ether oxygens (including phenoxy) is 1. The summed E-state index contributed by atoms with van der Waals surface area (Å²) < 4.78 is 5.00. The number of carbonyl (C=O) groups is 1. The van der Waals surface area contributed by atoms with E-state index in [-0.39, 0.29) is 12.5 Å². The zero-order valence-corrected chi connectivity index (χ0v) is 10.4. The summed E-state index contributed by atoms with van der Waals surface area (Å²) >= 11 is 5.78. The first-order valence-electron chi connectivity index (χ1n) is 5.17. The molecule has 0 unspecified atom stereocenters. The molecule has 6 heteroatoms. The summed E-state index contributed by atoms with van der Waals surface area (Å²) in [5.74, 6) is -0.0125. The van der Waals surface area contributed by atoms with Crippen molar-refractivity contribution in [3.63, 3.8) is 0 Å². The first kappa shape index (κ1) is 13.7. The molecule has 1 atom stereocenters. The molecule has 3 N–H and O–H groups in total. The quantitative estimate of drug-likeness (QED) is 0.865. The van der Waals surface area contributed by atoms with Crippen LogP contribution < -0.4 is 5.73 Å². The molecule has 0 aliphatic carbocycles. The molecule has 0 aliphatic heterocycles. The Morgan fingerprint density at radius 1 is 1.65 bits per heavy atom. The van der Waals surface area contributed by atoms with Gasteiger partial charge in [0.25, 0.3) is 0 Å². The molecule has 1 aromatic rings. The zero-order valence-electron chi connectivity index (χ0n) is 9.68. The van der Waals surface area contributed by atoms with Gasteiger partial charge in [0.05, 0.1) is 17.3 Å². The Balaban J connectivity index is 3.13. The Labute approximate surface area is 105 Å². The van der Waals surface area contributed by atoms with Gasteiger partial charge in [0, 0.05) is 11.8 Å². The second-order valence-corrected chi connectivity index (χ2v) is 4.39. The van der Waals surface area contributed by atoms with Crippen molar-refractivity contribution in [1.29, 1.82) is 0 Å². The summed E-state index contributed by atoms with van der Waals surface area (Å²) in [4.78, 5) is 14.9. The van der Waals surface area contributed by atoms with Gasteiger partial charge in [-0.1, -0.05) is 25.4 Å². The number of aliphatic hydroxyl groups is 1. The van der Waals surface area contributed by atoms with Crippen LogP contribution in [0.3, 0.4) is 0 Å². The zero-order chi connectivity index (χ0) is 13.0. The van der Waals surface area contributed by atoms with E-state index in [2.05, 4.69) is 4.98 Å². The monoisotopic (exact) mass is 258 g/mol. The number of hydrogen-bond donors (Lipinski definition) is 2. The van der Waals surface area contributed by atoms with Crippen molar-refractivity contribution in [2.24, 2.45) is 11.7 Å². The predicted molar refractivity (Wildman–Crippen MR) is 63.4 cm³/mol. The number of pyridine rings is 1. The van der Waals surface area contributed by atoms with Gasteiger partial charge in [-0.3, -0.25) is 4.98 Å². The fraction of sp³-hybridized carbons (Fsp3) is 0.455. The SMILES string of the molecule is CC(C)[C@@H](OC(N)=O)c1ncc(Cl)cc1CO. The van der Waals surface area contributed by atoms with Crippen LogP contribution in [0.5, 0.6) is 0 Å². The minimum absolute atomic E-state index is 0.0125. The first-order valence-corrected chi connectivity index (χ1v) is 5.54. The average molecular weight is 259 g/mol. The lowest BCUT2D eigenvalue weighted by atomic mass is 10.00. The van der Waals surface area contributed by atoms with Crippen LogP contribution in [0, 0.1) is 5.92 Å². The molecular weight excluding hydrogens is 244 g/mol. The molecule has 0 bridgehead atoms. The number of aliphatic hydroxyl groups excluding tert-OH is 1. The van der Waals surface area contributed by atoms with Crippen LogP contribution in [0.2, 0.25) is 5.02 Å². The van der Waals surface area contributed by atoms with Crippen LogP contribution in [0.15, 0.2) is 12.3 Å². The van der Waals surface area contributed by atoms with Crippen molar-refractivity contribution in [1.82, 2.24) is 4.98 Å². The molecule has 5 nitrogen and oxygen atoms in total. The van der Waals surface area contributed by atoms with Crippen LogP contribution in [0.4, 0.5) is 4.79 Å². The van der Waals surface area contributed by atoms with E-state index in [0.717, 1.165) is 0 Å². The van der Waals surface area contributed by atoms with E-state index in [1.54, 1.807) is 6.07 Å². The molecule has 1 amide bonds. The Hall–Kier alpha value is -1.33. The summed E-state index contributed by atoms with van der Waals surface area (Å²) in [5, 5.41) is 9.65. The van der Waals surface area contributed by atoms with Crippen LogP contribution in [0.25, 0.3) is 0 Å². The number of amides is 1. The molecule has 0 fully saturated rings. The number of nitrogens with zero attached hydrogens (tertiary/aromatic N) is 1. The van der Waals surface area contributed by atoms with E-state index in [1.165, 1.54) is 6.20 Å². The third-order valence-electron chi connectivity index (χ3n) is 2.26. The molecule has 17 heavy (non-hydrogen) atoms. The Bertz CT molecular complexity index is 410. The van der Waals surface area contributed by atoms with E-state index in [9.17, 15) is 9.90 Å². The van der Waals surface area contributed by atoms with Gasteiger partial charge in [-0.2, -0.15) is 0 Å². The van der Waals surface area contributed by atoms with Crippen molar-refractivity contribution >= 4 is 17.7 Å². The molecule has 1 rings (SSSR count). The highest BCUT2D eigenvalue weighted by Crippen LogP contribution is 2.28. The van der Waals surface area contributed by atoms with Gasteiger partial charge in [0.15, 0.2) is 0 Å². The lowest BCUT2D eigenvalue weighted by Crippen LogP contribution is -2.22. The van der Waals surface area contributed by atoms with Gasteiger partial charge in [-0.15, -0.1) is 0 Å². The highest BCUT2D eigenvalue weighted by atomic mass is 35.5. The molecule has 1 aromatic heterocycles. The summed E-state index contributed by atoms with van der Waals surface area (Å²) in [7, 11) is 0. The maximum absolute atomic E-state index is 10.8. The van der Waals surface area contributed by atoms with E-state index in [0.29, 0.717) is 16.3 Å². The summed E-state index contributed by atoms with van der Waals surface area (Å²) in [6.07, 6.45) is -0.0215. The number of carbonyl (C=O) groups excluding carboxylic acids is 1. The smallest absolute Gasteiger partial charge is 0.405 e. The molecule has 1 heterocycles. The number of hydrogen-bond acceptors (Lipinski definition) is 4. The minimum Gasteiger partial charge on any atom is -0.440 e. The van der Waals surface area contributed by atoms with Crippen molar-refractivity contribution in [3.8, 4) is 0 Å². The van der Waals surface area contributed by atoms with Crippen LogP contribution in [-0.4, -0.2) is 16.2 Å². The van der Waals surface area contributed by atoms with Gasteiger partial charge < -0.3 is 15.6 Å². The summed E-state index contributed by atoms with van der Waals surface area (Å²) in [6.45, 7) is 3.50. The lowest BCUT2D eigenvalue weighted by Gasteiger charge is -2.21. The fourth-order valence-corrected chi connectivity index (χ4v) is 1.69. The molecule has 94 valence electrons. The van der Waals surface area contributed by atoms with E-state index in [4.69, 9.17) is 22.1 Å². The highest BCUT2D eigenvalue weighted by Gasteiger charge is 2.23. The second kappa shape index (κ2) is 5.84. The first-order chi connectivity index (χ1) is 7.95. The predicted octanol–water partition coefficient (Wildman–Crippen LogP) is 2.02. The van der Waals surface area contributed by atoms with Crippen molar-refractivity contribution < 1.29 is 14.6 Å². The van der Waals surface area contributed by atoms with Crippen molar-refractivity contribution in [2.45, 2.75) is 26.6 Å². The van der Waals surface area contributed by atoms with Crippen LogP contribution >= 0.6 is 11.6 Å². The van der Waals surface area contributed by atoms with Gasteiger partial charge >= 0.3 is 6.09 Å². The molecule has 0 spiro atoms. The van der Waals surface area contributed by atoms with Gasteiger partial charge in [0.1, 0.15) is 6.10 Å². The van der Waals surface area contributed by atoms with Gasteiger partial charge in [-0.25, -0.2) is 4.79 Å².